The highest BCUT2D eigenvalue weighted by Crippen LogP contribution is 2.12. The van der Waals surface area contributed by atoms with E-state index >= 15 is 0 Å². The van der Waals surface area contributed by atoms with Crippen molar-refractivity contribution in [2.45, 2.75) is 26.7 Å². The molecular formula is C11H22N2OS. The van der Waals surface area contributed by atoms with E-state index in [1.807, 2.05) is 0 Å². The number of rotatable bonds is 4. The molecule has 0 unspecified atom stereocenters. The van der Waals surface area contributed by atoms with Crippen LogP contribution in [0.15, 0.2) is 0 Å². The molecule has 0 bridgehead atoms. The molecule has 1 rings (SSSR count). The highest BCUT2D eigenvalue weighted by molar-refractivity contribution is 7.80. The lowest BCUT2D eigenvalue weighted by Crippen LogP contribution is -2.40. The molecule has 15 heavy (non-hydrogen) atoms. The monoisotopic (exact) mass is 230 g/mol. The first-order chi connectivity index (χ1) is 7.18. The van der Waals surface area contributed by atoms with E-state index in [9.17, 15) is 0 Å². The van der Waals surface area contributed by atoms with Gasteiger partial charge in [-0.3, -0.25) is 0 Å². The number of ether oxygens (including phenoxy) is 1. The first kappa shape index (κ1) is 12.7. The van der Waals surface area contributed by atoms with Gasteiger partial charge in [0.25, 0.3) is 0 Å². The van der Waals surface area contributed by atoms with Crippen molar-refractivity contribution in [3.8, 4) is 0 Å². The van der Waals surface area contributed by atoms with Crippen LogP contribution in [0.1, 0.15) is 26.7 Å². The fraction of sp³-hybridized carbons (Fsp3) is 0.909. The lowest BCUT2D eigenvalue weighted by Gasteiger charge is -2.23. The molecule has 1 aliphatic heterocycles. The quantitative estimate of drug-likeness (QED) is 0.718. The fourth-order valence-corrected chi connectivity index (χ4v) is 1.71. The van der Waals surface area contributed by atoms with Crippen LogP contribution in [-0.2, 0) is 4.74 Å². The molecule has 1 heterocycles. The number of thiocarbonyl (C=S) groups is 1. The summed E-state index contributed by atoms with van der Waals surface area (Å²) in [6, 6.07) is 0. The third-order valence-electron chi connectivity index (χ3n) is 2.56. The molecule has 0 amide bonds. The van der Waals surface area contributed by atoms with Crippen molar-refractivity contribution in [3.05, 3.63) is 0 Å². The van der Waals surface area contributed by atoms with Crippen LogP contribution in [0.3, 0.4) is 0 Å². The molecule has 1 fully saturated rings. The van der Waals surface area contributed by atoms with Crippen molar-refractivity contribution in [1.29, 1.82) is 0 Å². The van der Waals surface area contributed by atoms with Crippen molar-refractivity contribution in [2.75, 3.05) is 26.3 Å². The van der Waals surface area contributed by atoms with Crippen molar-refractivity contribution in [2.24, 2.45) is 11.8 Å². The molecule has 1 aliphatic rings. The van der Waals surface area contributed by atoms with Crippen LogP contribution in [-0.4, -0.2) is 31.4 Å². The van der Waals surface area contributed by atoms with Gasteiger partial charge in [0.2, 0.25) is 0 Å². The van der Waals surface area contributed by atoms with Crippen molar-refractivity contribution < 1.29 is 4.74 Å². The molecule has 2 N–H and O–H groups in total. The zero-order chi connectivity index (χ0) is 11.1. The Morgan fingerprint density at radius 1 is 1.33 bits per heavy atom. The Hall–Kier alpha value is -0.350. The summed E-state index contributed by atoms with van der Waals surface area (Å²) in [4.78, 5) is 0. The predicted octanol–water partition coefficient (Wildman–Crippen LogP) is 1.53. The molecule has 0 aromatic carbocycles. The van der Waals surface area contributed by atoms with E-state index in [4.69, 9.17) is 17.0 Å². The average Bonchev–Trinajstić information content (AvgIpc) is 2.25. The first-order valence-corrected chi connectivity index (χ1v) is 6.18. The van der Waals surface area contributed by atoms with Crippen LogP contribution in [0, 0.1) is 11.8 Å². The van der Waals surface area contributed by atoms with Gasteiger partial charge < -0.3 is 15.4 Å². The van der Waals surface area contributed by atoms with E-state index < -0.39 is 0 Å². The van der Waals surface area contributed by atoms with E-state index in [0.717, 1.165) is 50.2 Å². The number of hydrogen-bond acceptors (Lipinski definition) is 2. The van der Waals surface area contributed by atoms with Crippen LogP contribution in [0.4, 0.5) is 0 Å². The van der Waals surface area contributed by atoms with Crippen molar-refractivity contribution in [1.82, 2.24) is 10.6 Å². The van der Waals surface area contributed by atoms with Gasteiger partial charge in [0.05, 0.1) is 0 Å². The molecule has 0 spiro atoms. The van der Waals surface area contributed by atoms with Gasteiger partial charge in [0.1, 0.15) is 0 Å². The minimum absolute atomic E-state index is 0.632. The van der Waals surface area contributed by atoms with Crippen LogP contribution in [0.5, 0.6) is 0 Å². The SMILES string of the molecule is CC(C)CNC(=S)NCC1CCOCC1. The maximum Gasteiger partial charge on any atom is 0.166 e. The molecule has 1 saturated heterocycles. The molecule has 0 aliphatic carbocycles. The van der Waals surface area contributed by atoms with Gasteiger partial charge in [0.15, 0.2) is 5.11 Å². The minimum Gasteiger partial charge on any atom is -0.381 e. The topological polar surface area (TPSA) is 33.3 Å². The second-order valence-electron chi connectivity index (χ2n) is 4.54. The van der Waals surface area contributed by atoms with Crippen molar-refractivity contribution in [3.63, 3.8) is 0 Å². The van der Waals surface area contributed by atoms with Gasteiger partial charge in [-0.1, -0.05) is 13.8 Å². The van der Waals surface area contributed by atoms with Gasteiger partial charge >= 0.3 is 0 Å². The van der Waals surface area contributed by atoms with Gasteiger partial charge in [-0.2, -0.15) is 0 Å². The van der Waals surface area contributed by atoms with Crippen molar-refractivity contribution >= 4 is 17.3 Å². The highest BCUT2D eigenvalue weighted by Gasteiger charge is 2.13. The Labute approximate surface area is 98.0 Å². The van der Waals surface area contributed by atoms with E-state index in [1.54, 1.807) is 0 Å². The lowest BCUT2D eigenvalue weighted by atomic mass is 10.0. The fourth-order valence-electron chi connectivity index (χ4n) is 1.55. The molecule has 0 aromatic rings. The minimum atomic E-state index is 0.632. The highest BCUT2D eigenvalue weighted by atomic mass is 32.1. The van der Waals surface area contributed by atoms with E-state index in [2.05, 4.69) is 24.5 Å². The molecule has 3 nitrogen and oxygen atoms in total. The summed E-state index contributed by atoms with van der Waals surface area (Å²) in [5, 5.41) is 7.27. The molecule has 88 valence electrons. The normalized spacial score (nSPS) is 17.8. The zero-order valence-corrected chi connectivity index (χ0v) is 10.5. The van der Waals surface area contributed by atoms with E-state index in [1.165, 1.54) is 0 Å². The summed E-state index contributed by atoms with van der Waals surface area (Å²) in [6.45, 7) is 8.08. The maximum absolute atomic E-state index is 5.31. The van der Waals surface area contributed by atoms with Gasteiger partial charge in [-0.05, 0) is 36.9 Å². The summed E-state index contributed by atoms with van der Waals surface area (Å²) >= 11 is 5.19. The molecule has 0 saturated carbocycles. The summed E-state index contributed by atoms with van der Waals surface area (Å²) in [6.07, 6.45) is 2.31. The standard InChI is InChI=1S/C11H22N2OS/c1-9(2)7-12-11(15)13-8-10-3-5-14-6-4-10/h9-10H,3-8H2,1-2H3,(H2,12,13,15). The Morgan fingerprint density at radius 3 is 2.60 bits per heavy atom. The summed E-state index contributed by atoms with van der Waals surface area (Å²) in [5.74, 6) is 1.35. The Morgan fingerprint density at radius 2 is 2.00 bits per heavy atom. The Kier molecular flexibility index (Phi) is 5.95. The van der Waals surface area contributed by atoms with Gasteiger partial charge in [-0.25, -0.2) is 0 Å². The Balaban J connectivity index is 2.05. The number of nitrogens with one attached hydrogen (secondary N) is 2. The largest absolute Gasteiger partial charge is 0.381 e. The molecule has 4 heteroatoms. The maximum atomic E-state index is 5.31. The van der Waals surface area contributed by atoms with E-state index in [-0.39, 0.29) is 0 Å². The molecule has 0 aromatic heterocycles. The van der Waals surface area contributed by atoms with Gasteiger partial charge in [0, 0.05) is 26.3 Å². The van der Waals surface area contributed by atoms with Crippen LogP contribution < -0.4 is 10.6 Å². The third-order valence-corrected chi connectivity index (χ3v) is 2.85. The summed E-state index contributed by atoms with van der Waals surface area (Å²) < 4.78 is 5.31. The summed E-state index contributed by atoms with van der Waals surface area (Å²) in [7, 11) is 0. The first-order valence-electron chi connectivity index (χ1n) is 5.78. The third kappa shape index (κ3) is 5.95. The van der Waals surface area contributed by atoms with Gasteiger partial charge in [-0.15, -0.1) is 0 Å². The second-order valence-corrected chi connectivity index (χ2v) is 4.95. The number of hydrogen-bond donors (Lipinski definition) is 2. The molecular weight excluding hydrogens is 208 g/mol. The molecule has 0 atom stereocenters. The average molecular weight is 230 g/mol. The van der Waals surface area contributed by atoms with Crippen LogP contribution in [0.2, 0.25) is 0 Å². The van der Waals surface area contributed by atoms with Crippen LogP contribution in [0.25, 0.3) is 0 Å². The van der Waals surface area contributed by atoms with E-state index in [0.29, 0.717) is 5.92 Å². The Bertz CT molecular complexity index is 191. The lowest BCUT2D eigenvalue weighted by molar-refractivity contribution is 0.0676. The molecule has 0 radical (unpaired) electrons. The zero-order valence-electron chi connectivity index (χ0n) is 9.71. The second kappa shape index (κ2) is 7.01. The smallest absolute Gasteiger partial charge is 0.166 e. The van der Waals surface area contributed by atoms with Crippen LogP contribution >= 0.6 is 12.2 Å². The predicted molar refractivity (Wildman–Crippen MR) is 67.0 cm³/mol. The summed E-state index contributed by atoms with van der Waals surface area (Å²) in [5.41, 5.74) is 0.